The second-order valence-electron chi connectivity index (χ2n) is 8.79. The molecule has 1 amide bonds. The van der Waals surface area contributed by atoms with Gasteiger partial charge in [0.1, 0.15) is 4.90 Å². The van der Waals surface area contributed by atoms with Crippen LogP contribution in [0.1, 0.15) is 21.6 Å². The number of nitrogens with zero attached hydrogens (tertiary/aromatic N) is 4. The Morgan fingerprint density at radius 1 is 1.09 bits per heavy atom. The van der Waals surface area contributed by atoms with Gasteiger partial charge in [-0.2, -0.15) is 0 Å². The van der Waals surface area contributed by atoms with Crippen molar-refractivity contribution >= 4 is 33.4 Å². The average molecular weight is 493 g/mol. The number of sulfonamides is 1. The zero-order chi connectivity index (χ0) is 24.4. The number of rotatable bonds is 6. The van der Waals surface area contributed by atoms with Gasteiger partial charge < -0.3 is 14.8 Å². The number of H-pyrrole nitrogens is 1. The third kappa shape index (κ3) is 4.94. The summed E-state index contributed by atoms with van der Waals surface area (Å²) in [6.45, 7) is 4.24. The van der Waals surface area contributed by atoms with Crippen molar-refractivity contribution in [2.45, 2.75) is 11.4 Å². The highest BCUT2D eigenvalue weighted by Gasteiger charge is 2.25. The van der Waals surface area contributed by atoms with E-state index >= 15 is 0 Å². The van der Waals surface area contributed by atoms with Crippen LogP contribution < -0.4 is 9.62 Å². The van der Waals surface area contributed by atoms with Crippen LogP contribution >= 0.6 is 0 Å². The monoisotopic (exact) mass is 492 g/mol. The molecule has 182 valence electrons. The predicted molar refractivity (Wildman–Crippen MR) is 136 cm³/mol. The van der Waals surface area contributed by atoms with Gasteiger partial charge in [-0.3, -0.25) is 14.4 Å². The Morgan fingerprint density at radius 2 is 1.86 bits per heavy atom. The lowest BCUT2D eigenvalue weighted by Gasteiger charge is -2.34. The minimum absolute atomic E-state index is 0.0515. The highest BCUT2D eigenvalue weighted by Crippen LogP contribution is 2.33. The largest absolute Gasteiger partial charge is 0.369 e. The number of carbonyl (C=O) groups is 1. The molecule has 35 heavy (non-hydrogen) atoms. The standard InChI is InChI=1S/C25H28N6O3S/c1-29-11-3-5-19-4-2-6-23(24(19)29)35(33,34)28-21-9-7-20(8-10-21)25(32)31-14-12-30(13-15-31)17-22-16-26-18-27-22/h2-10,16,18,28H,11-15,17H2,1H3,(H,26,27). The van der Waals surface area contributed by atoms with Gasteiger partial charge in [0.15, 0.2) is 0 Å². The zero-order valence-electron chi connectivity index (χ0n) is 19.5. The highest BCUT2D eigenvalue weighted by atomic mass is 32.2. The Kier molecular flexibility index (Phi) is 6.31. The number of aromatic amines is 1. The Labute approximate surface area is 205 Å². The van der Waals surface area contributed by atoms with Crippen LogP contribution in [0.5, 0.6) is 0 Å². The van der Waals surface area contributed by atoms with Gasteiger partial charge >= 0.3 is 0 Å². The molecule has 2 aliphatic heterocycles. The van der Waals surface area contributed by atoms with Crippen LogP contribution in [0.15, 0.2) is 66.0 Å². The number of carbonyl (C=O) groups excluding carboxylic acids is 1. The van der Waals surface area contributed by atoms with Crippen molar-refractivity contribution in [2.75, 3.05) is 49.4 Å². The summed E-state index contributed by atoms with van der Waals surface area (Å²) in [5.74, 6) is -0.0515. The van der Waals surface area contributed by atoms with Gasteiger partial charge in [-0.25, -0.2) is 13.4 Å². The van der Waals surface area contributed by atoms with Crippen molar-refractivity contribution in [3.8, 4) is 0 Å². The van der Waals surface area contributed by atoms with Crippen molar-refractivity contribution in [1.29, 1.82) is 0 Å². The van der Waals surface area contributed by atoms with Crippen LogP contribution in [0, 0.1) is 0 Å². The summed E-state index contributed by atoms with van der Waals surface area (Å²) < 4.78 is 29.0. The first-order valence-electron chi connectivity index (χ1n) is 11.5. The fourth-order valence-electron chi connectivity index (χ4n) is 4.52. The maximum atomic E-state index is 13.2. The molecule has 1 saturated heterocycles. The number of piperazine rings is 1. The highest BCUT2D eigenvalue weighted by molar-refractivity contribution is 7.92. The quantitative estimate of drug-likeness (QED) is 0.549. The van der Waals surface area contributed by atoms with E-state index in [1.54, 1.807) is 42.7 Å². The number of hydrogen-bond donors (Lipinski definition) is 2. The number of nitrogens with one attached hydrogen (secondary N) is 2. The van der Waals surface area contributed by atoms with E-state index in [1.165, 1.54) is 0 Å². The maximum Gasteiger partial charge on any atom is 0.263 e. The van der Waals surface area contributed by atoms with Crippen LogP contribution in [-0.2, 0) is 16.6 Å². The van der Waals surface area contributed by atoms with Crippen molar-refractivity contribution < 1.29 is 13.2 Å². The maximum absolute atomic E-state index is 13.2. The molecular formula is C25H28N6O3S. The molecule has 0 spiro atoms. The number of anilines is 2. The van der Waals surface area contributed by atoms with E-state index in [2.05, 4.69) is 19.6 Å². The van der Waals surface area contributed by atoms with Crippen LogP contribution in [0.3, 0.4) is 0 Å². The summed E-state index contributed by atoms with van der Waals surface area (Å²) in [5.41, 5.74) is 3.49. The minimum atomic E-state index is -3.80. The summed E-state index contributed by atoms with van der Waals surface area (Å²) in [6.07, 6.45) is 7.49. The molecule has 2 N–H and O–H groups in total. The summed E-state index contributed by atoms with van der Waals surface area (Å²) in [5, 5.41) is 0. The summed E-state index contributed by atoms with van der Waals surface area (Å²) >= 11 is 0. The Morgan fingerprint density at radius 3 is 2.57 bits per heavy atom. The number of para-hydroxylation sites is 1. The van der Waals surface area contributed by atoms with Crippen molar-refractivity contribution in [3.63, 3.8) is 0 Å². The number of aromatic nitrogens is 2. The van der Waals surface area contributed by atoms with Crippen LogP contribution in [0.2, 0.25) is 0 Å². The molecule has 0 bridgehead atoms. The number of imidazole rings is 1. The van der Waals surface area contributed by atoms with Crippen LogP contribution in [0.4, 0.5) is 11.4 Å². The Balaban J connectivity index is 1.23. The minimum Gasteiger partial charge on any atom is -0.369 e. The number of likely N-dealkylation sites (N-methyl/N-ethyl adjacent to an activating group) is 1. The molecule has 0 atom stereocenters. The molecule has 0 unspecified atom stereocenters. The van der Waals surface area contributed by atoms with E-state index < -0.39 is 10.0 Å². The lowest BCUT2D eigenvalue weighted by Crippen LogP contribution is -2.48. The molecule has 3 heterocycles. The fraction of sp³-hybridized carbons (Fsp3) is 0.280. The smallest absolute Gasteiger partial charge is 0.263 e. The van der Waals surface area contributed by atoms with Crippen molar-refractivity contribution in [1.82, 2.24) is 19.8 Å². The summed E-state index contributed by atoms with van der Waals surface area (Å²) in [7, 11) is -1.93. The van der Waals surface area contributed by atoms with E-state index in [1.807, 2.05) is 41.3 Å². The predicted octanol–water partition coefficient (Wildman–Crippen LogP) is 2.63. The second kappa shape index (κ2) is 9.55. The van der Waals surface area contributed by atoms with Crippen molar-refractivity contribution in [2.24, 2.45) is 0 Å². The number of hydrogen-bond acceptors (Lipinski definition) is 6. The lowest BCUT2D eigenvalue weighted by atomic mass is 10.1. The first-order valence-corrected chi connectivity index (χ1v) is 13.0. The molecule has 9 nitrogen and oxygen atoms in total. The van der Waals surface area contributed by atoms with Gasteiger partial charge in [0.2, 0.25) is 0 Å². The topological polar surface area (TPSA) is 102 Å². The van der Waals surface area contributed by atoms with E-state index in [9.17, 15) is 13.2 Å². The Hall–Kier alpha value is -3.63. The van der Waals surface area contributed by atoms with Crippen LogP contribution in [-0.4, -0.2) is 73.9 Å². The van der Waals surface area contributed by atoms with Gasteiger partial charge in [-0.1, -0.05) is 24.3 Å². The van der Waals surface area contributed by atoms with Crippen LogP contribution in [0.25, 0.3) is 6.08 Å². The first kappa shape index (κ1) is 23.1. The average Bonchev–Trinajstić information content (AvgIpc) is 3.37. The zero-order valence-corrected chi connectivity index (χ0v) is 20.3. The number of benzene rings is 2. The van der Waals surface area contributed by atoms with E-state index in [0.717, 1.165) is 30.9 Å². The third-order valence-electron chi connectivity index (χ3n) is 6.36. The third-order valence-corrected chi connectivity index (χ3v) is 7.78. The molecule has 2 aromatic carbocycles. The van der Waals surface area contributed by atoms with Gasteiger partial charge in [-0.05, 0) is 35.9 Å². The first-order chi connectivity index (χ1) is 16.9. The van der Waals surface area contributed by atoms with Gasteiger partial charge in [0.05, 0.1) is 17.7 Å². The molecule has 1 fully saturated rings. The van der Waals surface area contributed by atoms with Crippen molar-refractivity contribution in [3.05, 3.63) is 77.9 Å². The number of fused-ring (bicyclic) bond motifs is 1. The molecule has 1 aromatic heterocycles. The summed E-state index contributed by atoms with van der Waals surface area (Å²) in [4.78, 5) is 26.4. The molecule has 0 saturated carbocycles. The summed E-state index contributed by atoms with van der Waals surface area (Å²) in [6, 6.07) is 11.9. The normalized spacial score (nSPS) is 16.3. The Bertz CT molecular complexity index is 1330. The SMILES string of the molecule is CN1CC=Cc2cccc(S(=O)(=O)Nc3ccc(C(=O)N4CCN(Cc5c[nH]cn5)CC4)cc3)c21. The molecule has 3 aromatic rings. The van der Waals surface area contributed by atoms with Gasteiger partial charge in [0, 0.05) is 63.8 Å². The molecule has 2 aliphatic rings. The fourth-order valence-corrected chi connectivity index (χ4v) is 5.86. The molecule has 0 radical (unpaired) electrons. The molecule has 10 heteroatoms. The number of amides is 1. The molecule has 5 rings (SSSR count). The van der Waals surface area contributed by atoms with E-state index in [-0.39, 0.29) is 10.8 Å². The molecule has 0 aliphatic carbocycles. The second-order valence-corrected chi connectivity index (χ2v) is 10.4. The molecular weight excluding hydrogens is 464 g/mol. The van der Waals surface area contributed by atoms with Gasteiger partial charge in [0.25, 0.3) is 15.9 Å². The lowest BCUT2D eigenvalue weighted by molar-refractivity contribution is 0.0627. The van der Waals surface area contributed by atoms with Gasteiger partial charge in [-0.15, -0.1) is 0 Å². The van der Waals surface area contributed by atoms with E-state index in [4.69, 9.17) is 0 Å². The van der Waals surface area contributed by atoms with E-state index in [0.29, 0.717) is 36.6 Å².